The normalized spacial score (nSPS) is 19.2. The highest BCUT2D eigenvalue weighted by Gasteiger charge is 2.31. The Kier molecular flexibility index (Phi) is 5.57. The number of pyridine rings is 1. The number of piperazine rings is 1. The van der Waals surface area contributed by atoms with Crippen molar-refractivity contribution >= 4 is 23.4 Å². The number of hydrogen-bond donors (Lipinski definition) is 1. The van der Waals surface area contributed by atoms with E-state index in [9.17, 15) is 22.8 Å². The lowest BCUT2D eigenvalue weighted by Crippen LogP contribution is -2.54. The molecule has 2 aliphatic heterocycles. The van der Waals surface area contributed by atoms with Crippen LogP contribution >= 0.6 is 0 Å². The van der Waals surface area contributed by atoms with Gasteiger partial charge < -0.3 is 15.0 Å². The summed E-state index contributed by atoms with van der Waals surface area (Å²) < 4.78 is 43.2. The fourth-order valence-corrected chi connectivity index (χ4v) is 3.75. The number of aromatic nitrogens is 1. The van der Waals surface area contributed by atoms with Gasteiger partial charge in [-0.15, -0.1) is 0 Å². The Morgan fingerprint density at radius 2 is 2.06 bits per heavy atom. The van der Waals surface area contributed by atoms with E-state index in [0.29, 0.717) is 36.9 Å². The summed E-state index contributed by atoms with van der Waals surface area (Å²) in [6.45, 7) is 3.79. The summed E-state index contributed by atoms with van der Waals surface area (Å²) in [6, 6.07) is 7.53. The van der Waals surface area contributed by atoms with E-state index >= 15 is 0 Å². The first-order valence-electron chi connectivity index (χ1n) is 9.85. The number of alkyl halides is 3. The number of carbonyl (C=O) groups is 2. The van der Waals surface area contributed by atoms with E-state index in [1.807, 2.05) is 16.7 Å². The van der Waals surface area contributed by atoms with Crippen molar-refractivity contribution in [3.63, 3.8) is 0 Å². The van der Waals surface area contributed by atoms with Gasteiger partial charge in [-0.05, 0) is 25.1 Å². The molecule has 3 heterocycles. The Morgan fingerprint density at radius 1 is 1.26 bits per heavy atom. The van der Waals surface area contributed by atoms with Crippen LogP contribution in [-0.4, -0.2) is 54.0 Å². The third-order valence-corrected chi connectivity index (χ3v) is 5.42. The fraction of sp³-hybridized carbons (Fsp3) is 0.381. The van der Waals surface area contributed by atoms with Crippen LogP contribution in [0.25, 0.3) is 0 Å². The first-order valence-corrected chi connectivity index (χ1v) is 9.85. The van der Waals surface area contributed by atoms with E-state index in [4.69, 9.17) is 4.74 Å². The number of nitrogens with one attached hydrogen (secondary N) is 1. The minimum atomic E-state index is -4.41. The summed E-state index contributed by atoms with van der Waals surface area (Å²) >= 11 is 0. The Balaban J connectivity index is 1.31. The molecule has 31 heavy (non-hydrogen) atoms. The number of fused-ring (bicyclic) bond motifs is 1. The highest BCUT2D eigenvalue weighted by molar-refractivity contribution is 5.93. The molecule has 1 saturated heterocycles. The molecule has 1 N–H and O–H groups in total. The van der Waals surface area contributed by atoms with Gasteiger partial charge in [0.1, 0.15) is 11.6 Å². The molecule has 10 heteroatoms. The molecule has 0 bridgehead atoms. The number of benzene rings is 1. The SMILES string of the molecule is C[C@@H]1CN(c2ccc(C(F)(F)F)cn2)CCN1CC(=O)Nc1ccc2c(c1)OC(=O)C2. The topological polar surface area (TPSA) is 74.8 Å². The van der Waals surface area contributed by atoms with Crippen molar-refractivity contribution in [3.8, 4) is 5.75 Å². The van der Waals surface area contributed by atoms with Crippen molar-refractivity contribution in [2.24, 2.45) is 0 Å². The van der Waals surface area contributed by atoms with E-state index in [-0.39, 0.29) is 30.9 Å². The van der Waals surface area contributed by atoms with Crippen molar-refractivity contribution in [1.82, 2.24) is 9.88 Å². The zero-order valence-corrected chi connectivity index (χ0v) is 16.8. The molecule has 0 unspecified atom stereocenters. The van der Waals surface area contributed by atoms with Crippen molar-refractivity contribution < 1.29 is 27.5 Å². The summed E-state index contributed by atoms with van der Waals surface area (Å²) in [5, 5.41) is 2.81. The van der Waals surface area contributed by atoms with Crippen LogP contribution in [0.4, 0.5) is 24.7 Å². The molecular formula is C21H21F3N4O3. The van der Waals surface area contributed by atoms with Crippen LogP contribution in [0.1, 0.15) is 18.1 Å². The van der Waals surface area contributed by atoms with Gasteiger partial charge >= 0.3 is 12.1 Å². The van der Waals surface area contributed by atoms with Crippen molar-refractivity contribution in [1.29, 1.82) is 0 Å². The number of carbonyl (C=O) groups excluding carboxylic acids is 2. The summed E-state index contributed by atoms with van der Waals surface area (Å²) in [4.78, 5) is 31.7. The fourth-order valence-electron chi connectivity index (χ4n) is 3.75. The predicted molar refractivity (Wildman–Crippen MR) is 107 cm³/mol. The van der Waals surface area contributed by atoms with Gasteiger partial charge in [0, 0.05) is 49.2 Å². The number of ether oxygens (including phenoxy) is 1. The predicted octanol–water partition coefficient (Wildman–Crippen LogP) is 2.71. The first kappa shape index (κ1) is 21.1. The van der Waals surface area contributed by atoms with Crippen LogP contribution in [0.15, 0.2) is 36.5 Å². The molecular weight excluding hydrogens is 413 g/mol. The quantitative estimate of drug-likeness (QED) is 0.589. The zero-order chi connectivity index (χ0) is 22.2. The summed E-state index contributed by atoms with van der Waals surface area (Å²) in [5.74, 6) is 0.440. The number of anilines is 2. The van der Waals surface area contributed by atoms with Crippen LogP contribution in [0.5, 0.6) is 5.75 Å². The molecule has 0 radical (unpaired) electrons. The third-order valence-electron chi connectivity index (χ3n) is 5.42. The van der Waals surface area contributed by atoms with Gasteiger partial charge in [-0.3, -0.25) is 14.5 Å². The second-order valence-electron chi connectivity index (χ2n) is 7.69. The molecule has 1 aromatic heterocycles. The van der Waals surface area contributed by atoms with Gasteiger partial charge in [0.2, 0.25) is 5.91 Å². The summed E-state index contributed by atoms with van der Waals surface area (Å²) in [7, 11) is 0. The molecule has 4 rings (SSSR count). The molecule has 1 amide bonds. The van der Waals surface area contributed by atoms with Crippen LogP contribution in [0, 0.1) is 0 Å². The van der Waals surface area contributed by atoms with Crippen LogP contribution in [0.2, 0.25) is 0 Å². The molecule has 1 fully saturated rings. The van der Waals surface area contributed by atoms with Crippen LogP contribution in [0.3, 0.4) is 0 Å². The van der Waals surface area contributed by atoms with Gasteiger partial charge in [-0.25, -0.2) is 4.98 Å². The highest BCUT2D eigenvalue weighted by atomic mass is 19.4. The number of amides is 1. The lowest BCUT2D eigenvalue weighted by molar-refractivity contribution is -0.138. The second-order valence-corrected chi connectivity index (χ2v) is 7.69. The minimum absolute atomic E-state index is 0.00423. The van der Waals surface area contributed by atoms with E-state index in [2.05, 4.69) is 10.3 Å². The number of nitrogens with zero attached hydrogens (tertiary/aromatic N) is 3. The number of hydrogen-bond acceptors (Lipinski definition) is 6. The monoisotopic (exact) mass is 434 g/mol. The lowest BCUT2D eigenvalue weighted by atomic mass is 10.1. The van der Waals surface area contributed by atoms with E-state index in [1.165, 1.54) is 6.07 Å². The highest BCUT2D eigenvalue weighted by Crippen LogP contribution is 2.30. The van der Waals surface area contributed by atoms with Crippen molar-refractivity contribution in [3.05, 3.63) is 47.7 Å². The maximum absolute atomic E-state index is 12.7. The Hall–Kier alpha value is -3.14. The van der Waals surface area contributed by atoms with Crippen molar-refractivity contribution in [2.75, 3.05) is 36.4 Å². The van der Waals surface area contributed by atoms with E-state index in [1.54, 1.807) is 18.2 Å². The van der Waals surface area contributed by atoms with Gasteiger partial charge in [-0.2, -0.15) is 13.2 Å². The minimum Gasteiger partial charge on any atom is -0.426 e. The Bertz CT molecular complexity index is 994. The number of rotatable bonds is 4. The average molecular weight is 434 g/mol. The Labute approximate surface area is 176 Å². The van der Waals surface area contributed by atoms with E-state index in [0.717, 1.165) is 17.8 Å². The third kappa shape index (κ3) is 4.79. The Morgan fingerprint density at radius 3 is 2.74 bits per heavy atom. The van der Waals surface area contributed by atoms with Gasteiger partial charge in [-0.1, -0.05) is 6.07 Å². The molecule has 1 aromatic carbocycles. The molecule has 0 spiro atoms. The molecule has 1 atom stereocenters. The van der Waals surface area contributed by atoms with Gasteiger partial charge in [0.15, 0.2) is 0 Å². The van der Waals surface area contributed by atoms with Crippen LogP contribution < -0.4 is 15.0 Å². The smallest absolute Gasteiger partial charge is 0.417 e. The maximum atomic E-state index is 12.7. The molecule has 2 aromatic rings. The maximum Gasteiger partial charge on any atom is 0.417 e. The van der Waals surface area contributed by atoms with Crippen LogP contribution in [-0.2, 0) is 22.2 Å². The molecule has 0 saturated carbocycles. The lowest BCUT2D eigenvalue weighted by Gasteiger charge is -2.40. The molecule has 7 nitrogen and oxygen atoms in total. The van der Waals surface area contributed by atoms with Gasteiger partial charge in [0.25, 0.3) is 0 Å². The largest absolute Gasteiger partial charge is 0.426 e. The first-order chi connectivity index (χ1) is 14.7. The number of esters is 1. The standard InChI is InChI=1S/C21H21F3N4O3/c1-13-11-28(18-5-3-15(10-25-18)21(22,23)24)7-6-27(13)12-19(29)26-16-4-2-14-8-20(30)31-17(14)9-16/h2-5,9-10,13H,6-8,11-12H2,1H3,(H,26,29)/t13-/m1/s1. The van der Waals surface area contributed by atoms with Crippen molar-refractivity contribution in [2.45, 2.75) is 25.6 Å². The second kappa shape index (κ2) is 8.18. The summed E-state index contributed by atoms with van der Waals surface area (Å²) in [5.41, 5.74) is 0.573. The average Bonchev–Trinajstić information content (AvgIpc) is 3.08. The molecule has 2 aliphatic rings. The number of halogens is 3. The molecule has 164 valence electrons. The van der Waals surface area contributed by atoms with E-state index < -0.39 is 11.7 Å². The summed E-state index contributed by atoms with van der Waals surface area (Å²) in [6.07, 6.45) is -3.34. The molecule has 0 aliphatic carbocycles. The zero-order valence-electron chi connectivity index (χ0n) is 16.8. The van der Waals surface area contributed by atoms with Gasteiger partial charge in [0.05, 0.1) is 18.5 Å².